The van der Waals surface area contributed by atoms with Crippen molar-refractivity contribution in [3.63, 3.8) is 0 Å². The fraction of sp³-hybridized carbons (Fsp3) is 0.250. The van der Waals surface area contributed by atoms with Crippen LogP contribution in [0.25, 0.3) is 0 Å². The molecule has 4 rings (SSSR count). The van der Waals surface area contributed by atoms with Crippen LogP contribution in [-0.4, -0.2) is 20.0 Å². The number of anilines is 2. The van der Waals surface area contributed by atoms with Crippen molar-refractivity contribution in [2.75, 3.05) is 10.6 Å². The first-order valence-electron chi connectivity index (χ1n) is 11.1. The summed E-state index contributed by atoms with van der Waals surface area (Å²) in [5, 5.41) is 0. The minimum atomic E-state index is -0.803. The maximum absolute atomic E-state index is 13.5. The third-order valence-electron chi connectivity index (χ3n) is 5.46. The van der Waals surface area contributed by atoms with E-state index in [9.17, 15) is 19.2 Å². The Labute approximate surface area is 199 Å². The van der Waals surface area contributed by atoms with E-state index < -0.39 is 17.2 Å². The van der Waals surface area contributed by atoms with Crippen molar-refractivity contribution in [2.45, 2.75) is 39.4 Å². The van der Waals surface area contributed by atoms with E-state index in [1.165, 1.54) is 27.5 Å². The number of aromatic nitrogens is 3. The van der Waals surface area contributed by atoms with Crippen LogP contribution in [0.15, 0.2) is 78.1 Å². The first-order chi connectivity index (χ1) is 16.9. The van der Waals surface area contributed by atoms with Gasteiger partial charge in [-0.15, -0.1) is 0 Å². The van der Waals surface area contributed by atoms with Gasteiger partial charge in [-0.1, -0.05) is 19.4 Å². The maximum atomic E-state index is 13.5. The van der Waals surface area contributed by atoms with Gasteiger partial charge in [-0.2, -0.15) is 0 Å². The molecule has 0 fully saturated rings. The molecule has 0 saturated heterocycles. The number of unbranched alkanes of at least 4 members (excludes halogenated alkanes) is 1. The van der Waals surface area contributed by atoms with Crippen molar-refractivity contribution >= 4 is 17.4 Å². The zero-order valence-electron chi connectivity index (χ0n) is 19.1. The summed E-state index contributed by atoms with van der Waals surface area (Å²) in [5.74, 6) is -0.0956. The van der Waals surface area contributed by atoms with Gasteiger partial charge in [-0.3, -0.25) is 28.8 Å². The number of furan rings is 2. The van der Waals surface area contributed by atoms with Gasteiger partial charge in [0.05, 0.1) is 19.4 Å². The molecule has 0 unspecified atom stereocenters. The predicted octanol–water partition coefficient (Wildman–Crippen LogP) is 2.16. The van der Waals surface area contributed by atoms with E-state index in [2.05, 4.69) is 4.98 Å². The molecule has 3 N–H and O–H groups in total. The number of hydrogen-bond acceptors (Lipinski definition) is 7. The number of aromatic amines is 1. The molecule has 11 nitrogen and oxygen atoms in total. The fourth-order valence-corrected chi connectivity index (χ4v) is 3.66. The first-order valence-corrected chi connectivity index (χ1v) is 11.1. The first kappa shape index (κ1) is 23.6. The molecule has 4 aromatic heterocycles. The Morgan fingerprint density at radius 2 is 1.91 bits per heavy atom. The van der Waals surface area contributed by atoms with E-state index in [-0.39, 0.29) is 42.5 Å². The van der Waals surface area contributed by atoms with Crippen molar-refractivity contribution in [3.05, 3.63) is 103 Å². The molecule has 0 radical (unpaired) electrons. The van der Waals surface area contributed by atoms with Gasteiger partial charge >= 0.3 is 5.69 Å². The van der Waals surface area contributed by atoms with E-state index in [0.717, 1.165) is 11.3 Å². The number of nitrogens with zero attached hydrogens (tertiary/aromatic N) is 3. The number of hydrogen-bond donors (Lipinski definition) is 2. The van der Waals surface area contributed by atoms with Gasteiger partial charge in [0.25, 0.3) is 17.0 Å². The van der Waals surface area contributed by atoms with Crippen LogP contribution in [0.3, 0.4) is 0 Å². The van der Waals surface area contributed by atoms with Gasteiger partial charge < -0.3 is 19.1 Å². The number of rotatable bonds is 9. The van der Waals surface area contributed by atoms with Gasteiger partial charge in [0, 0.05) is 18.8 Å². The maximum Gasteiger partial charge on any atom is 0.330 e. The summed E-state index contributed by atoms with van der Waals surface area (Å²) in [4.78, 5) is 54.1. The number of nitrogens with two attached hydrogens (primary N) is 1. The second-order valence-electron chi connectivity index (χ2n) is 7.90. The summed E-state index contributed by atoms with van der Waals surface area (Å²) < 4.78 is 13.8. The summed E-state index contributed by atoms with van der Waals surface area (Å²) in [7, 11) is 0. The van der Waals surface area contributed by atoms with Crippen molar-refractivity contribution in [2.24, 2.45) is 0 Å². The average Bonchev–Trinajstić information content (AvgIpc) is 3.51. The molecule has 1 amide bonds. The second-order valence-corrected chi connectivity index (χ2v) is 7.90. The highest BCUT2D eigenvalue weighted by Crippen LogP contribution is 2.23. The van der Waals surface area contributed by atoms with E-state index in [1.54, 1.807) is 36.5 Å². The van der Waals surface area contributed by atoms with E-state index in [1.807, 2.05) is 6.92 Å². The van der Waals surface area contributed by atoms with Gasteiger partial charge in [0.1, 0.15) is 17.3 Å². The topological polar surface area (TPSA) is 149 Å². The number of carbonyl (C=O) groups excluding carboxylic acids is 1. The standard InChI is InChI=1S/C24H25N5O6/c1-2-3-12-28-21(25)20(22(31)26-24(28)33)29(15-16-7-6-13-34-16)23(32)18-10-9-17(35-18)14-27-11-5-4-8-19(27)30/h4-11,13H,2-3,12,14-15,25H2,1H3,(H,26,31,33). The van der Waals surface area contributed by atoms with Crippen LogP contribution in [0.5, 0.6) is 0 Å². The number of nitrogens with one attached hydrogen (secondary N) is 1. The molecule has 0 bridgehead atoms. The van der Waals surface area contributed by atoms with Crippen LogP contribution in [-0.2, 0) is 19.6 Å². The average molecular weight is 479 g/mol. The smallest absolute Gasteiger partial charge is 0.330 e. The van der Waals surface area contributed by atoms with Crippen LogP contribution in [0.1, 0.15) is 41.8 Å². The molecule has 0 aliphatic rings. The second kappa shape index (κ2) is 10.2. The molecule has 0 aliphatic carbocycles. The Balaban J connectivity index is 1.73. The Hall–Kier alpha value is -4.54. The van der Waals surface area contributed by atoms with E-state index in [0.29, 0.717) is 17.9 Å². The summed E-state index contributed by atoms with van der Waals surface area (Å²) in [5.41, 5.74) is 4.39. The van der Waals surface area contributed by atoms with Crippen molar-refractivity contribution in [1.29, 1.82) is 0 Å². The summed E-state index contributed by atoms with van der Waals surface area (Å²) >= 11 is 0. The minimum Gasteiger partial charge on any atom is -0.467 e. The minimum absolute atomic E-state index is 0.0688. The zero-order chi connectivity index (χ0) is 24.9. The highest BCUT2D eigenvalue weighted by atomic mass is 16.4. The molecular weight excluding hydrogens is 454 g/mol. The number of nitrogen functional groups attached to an aromatic ring is 1. The van der Waals surface area contributed by atoms with Crippen LogP contribution in [0.4, 0.5) is 11.5 Å². The molecule has 11 heteroatoms. The molecule has 0 atom stereocenters. The van der Waals surface area contributed by atoms with E-state index >= 15 is 0 Å². The molecule has 182 valence electrons. The van der Waals surface area contributed by atoms with Crippen molar-refractivity contribution in [1.82, 2.24) is 14.1 Å². The number of amides is 1. The van der Waals surface area contributed by atoms with Gasteiger partial charge in [0.15, 0.2) is 11.4 Å². The van der Waals surface area contributed by atoms with Crippen LogP contribution < -0.4 is 27.4 Å². The third kappa shape index (κ3) is 5.03. The van der Waals surface area contributed by atoms with Crippen LogP contribution in [0, 0.1) is 0 Å². The number of carbonyl (C=O) groups is 1. The quantitative estimate of drug-likeness (QED) is 0.373. The van der Waals surface area contributed by atoms with E-state index in [4.69, 9.17) is 14.6 Å². The summed E-state index contributed by atoms with van der Waals surface area (Å²) in [6.07, 6.45) is 4.50. The zero-order valence-corrected chi connectivity index (χ0v) is 19.1. The highest BCUT2D eigenvalue weighted by Gasteiger charge is 2.28. The number of pyridine rings is 1. The summed E-state index contributed by atoms with van der Waals surface area (Å²) in [6.45, 7) is 2.23. The number of H-pyrrole nitrogens is 1. The molecular formula is C24H25N5O6. The molecule has 0 saturated carbocycles. The van der Waals surface area contributed by atoms with Gasteiger partial charge in [-0.25, -0.2) is 4.79 Å². The molecule has 0 aromatic carbocycles. The third-order valence-corrected chi connectivity index (χ3v) is 5.46. The Morgan fingerprint density at radius 3 is 2.63 bits per heavy atom. The predicted molar refractivity (Wildman–Crippen MR) is 128 cm³/mol. The van der Waals surface area contributed by atoms with Gasteiger partial charge in [-0.05, 0) is 36.8 Å². The molecule has 35 heavy (non-hydrogen) atoms. The molecule has 4 aromatic rings. The Morgan fingerprint density at radius 1 is 1.09 bits per heavy atom. The van der Waals surface area contributed by atoms with Crippen LogP contribution >= 0.6 is 0 Å². The van der Waals surface area contributed by atoms with Crippen molar-refractivity contribution < 1.29 is 13.6 Å². The Kier molecular flexibility index (Phi) is 6.86. The highest BCUT2D eigenvalue weighted by molar-refractivity contribution is 6.05. The summed E-state index contributed by atoms with van der Waals surface area (Å²) in [6, 6.07) is 11.1. The Bertz CT molecular complexity index is 1490. The SMILES string of the molecule is CCCCn1c(N)c(N(Cc2ccco2)C(=O)c2ccc(Cn3ccccc3=O)o2)c(=O)[nH]c1=O. The normalized spacial score (nSPS) is 11.0. The van der Waals surface area contributed by atoms with Crippen molar-refractivity contribution in [3.8, 4) is 0 Å². The largest absolute Gasteiger partial charge is 0.467 e. The lowest BCUT2D eigenvalue weighted by molar-refractivity contribution is 0.0954. The molecule has 0 aliphatic heterocycles. The monoisotopic (exact) mass is 479 g/mol. The van der Waals surface area contributed by atoms with Crippen LogP contribution in [0.2, 0.25) is 0 Å². The molecule has 0 spiro atoms. The fourth-order valence-electron chi connectivity index (χ4n) is 3.66. The van der Waals surface area contributed by atoms with Gasteiger partial charge in [0.2, 0.25) is 0 Å². The lowest BCUT2D eigenvalue weighted by atomic mass is 10.2. The molecule has 4 heterocycles. The lowest BCUT2D eigenvalue weighted by Gasteiger charge is -2.23. The lowest BCUT2D eigenvalue weighted by Crippen LogP contribution is -2.40.